The number of benzene rings is 4. The van der Waals surface area contributed by atoms with E-state index in [1.165, 1.54) is 23.1 Å². The van der Waals surface area contributed by atoms with Crippen LogP contribution in [-0.2, 0) is 14.8 Å². The van der Waals surface area contributed by atoms with Crippen LogP contribution in [0.2, 0.25) is 10.0 Å². The Bertz CT molecular complexity index is 1780. The van der Waals surface area contributed by atoms with Crippen molar-refractivity contribution in [3.8, 4) is 11.3 Å². The summed E-state index contributed by atoms with van der Waals surface area (Å²) >= 11 is 15.0. The molecule has 11 heteroatoms. The molecule has 5 rings (SSSR count). The molecule has 41 heavy (non-hydrogen) atoms. The van der Waals surface area contributed by atoms with Crippen molar-refractivity contribution in [2.24, 2.45) is 0 Å². The molecule has 0 spiro atoms. The van der Waals surface area contributed by atoms with Gasteiger partial charge in [-0.25, -0.2) is 13.4 Å². The van der Waals surface area contributed by atoms with Crippen LogP contribution in [0.1, 0.15) is 16.4 Å². The van der Waals surface area contributed by atoms with Gasteiger partial charge in [0.25, 0.3) is 10.0 Å². The lowest BCUT2D eigenvalue weighted by Crippen LogP contribution is -2.19. The summed E-state index contributed by atoms with van der Waals surface area (Å²) in [7, 11) is -3.72. The van der Waals surface area contributed by atoms with Gasteiger partial charge < -0.3 is 5.32 Å². The van der Waals surface area contributed by atoms with E-state index >= 15 is 0 Å². The van der Waals surface area contributed by atoms with Crippen LogP contribution in [0.15, 0.2) is 112 Å². The second-order valence-corrected chi connectivity index (χ2v) is 13.6. The molecule has 1 heterocycles. The van der Waals surface area contributed by atoms with Crippen LogP contribution in [0.4, 0.5) is 10.8 Å². The summed E-state index contributed by atoms with van der Waals surface area (Å²) < 4.78 is 28.1. The van der Waals surface area contributed by atoms with Gasteiger partial charge in [-0.2, -0.15) is 0 Å². The number of halogens is 2. The third-order valence-corrected chi connectivity index (χ3v) is 9.94. The quantitative estimate of drug-likeness (QED) is 0.157. The summed E-state index contributed by atoms with van der Waals surface area (Å²) in [5.74, 6) is -0.242. The van der Waals surface area contributed by atoms with E-state index in [1.807, 2.05) is 42.6 Å². The zero-order valence-corrected chi connectivity index (χ0v) is 25.5. The number of thiazole rings is 1. The highest BCUT2D eigenvalue weighted by atomic mass is 35.5. The van der Waals surface area contributed by atoms with Gasteiger partial charge in [0.1, 0.15) is 5.25 Å². The average molecular weight is 641 g/mol. The molecule has 1 unspecified atom stereocenters. The minimum atomic E-state index is -3.72. The molecule has 4 aromatic carbocycles. The molecule has 0 fully saturated rings. The van der Waals surface area contributed by atoms with E-state index < -0.39 is 15.3 Å². The zero-order chi connectivity index (χ0) is 29.0. The van der Waals surface area contributed by atoms with E-state index in [0.29, 0.717) is 26.6 Å². The summed E-state index contributed by atoms with van der Waals surface area (Å²) in [6.45, 7) is 1.90. The van der Waals surface area contributed by atoms with Gasteiger partial charge in [0.2, 0.25) is 5.91 Å². The maximum atomic E-state index is 13.5. The number of nitrogens with one attached hydrogen (secondary N) is 2. The van der Waals surface area contributed by atoms with Crippen LogP contribution in [-0.4, -0.2) is 19.3 Å². The fraction of sp³-hybridized carbons (Fsp3) is 0.0667. The highest BCUT2D eigenvalue weighted by Gasteiger charge is 2.24. The first-order valence-electron chi connectivity index (χ1n) is 12.3. The molecule has 0 bridgehead atoms. The van der Waals surface area contributed by atoms with Crippen LogP contribution in [0, 0.1) is 6.92 Å². The number of carbonyl (C=O) groups excluding carboxylic acids is 1. The number of hydrogen-bond donors (Lipinski definition) is 2. The van der Waals surface area contributed by atoms with Crippen molar-refractivity contribution in [1.29, 1.82) is 0 Å². The molecule has 1 aromatic heterocycles. The fourth-order valence-electron chi connectivity index (χ4n) is 3.89. The molecule has 1 amide bonds. The summed E-state index contributed by atoms with van der Waals surface area (Å²) in [5.41, 5.74) is 3.58. The van der Waals surface area contributed by atoms with Crippen LogP contribution in [0.5, 0.6) is 0 Å². The lowest BCUT2D eigenvalue weighted by atomic mass is 10.1. The molecular formula is C30H23Cl2N3O3S3. The zero-order valence-electron chi connectivity index (χ0n) is 21.5. The first-order valence-corrected chi connectivity index (χ1v) is 16.3. The monoisotopic (exact) mass is 639 g/mol. The molecule has 0 aliphatic carbocycles. The Labute approximate surface area is 256 Å². The van der Waals surface area contributed by atoms with Crippen molar-refractivity contribution in [1.82, 2.24) is 4.98 Å². The van der Waals surface area contributed by atoms with Gasteiger partial charge >= 0.3 is 0 Å². The molecule has 0 saturated heterocycles. The van der Waals surface area contributed by atoms with Crippen molar-refractivity contribution < 1.29 is 13.2 Å². The SMILES string of the molecule is Cc1ccc(S(=O)(=O)Nc2ccc(SC(C(=O)Nc3nc(-c4ccc(Cl)cc4Cl)cs3)c3ccccc3)cc2)cc1. The van der Waals surface area contributed by atoms with Crippen molar-refractivity contribution >= 4 is 73.0 Å². The largest absolute Gasteiger partial charge is 0.301 e. The number of sulfonamides is 1. The average Bonchev–Trinajstić information content (AvgIpc) is 3.41. The van der Waals surface area contributed by atoms with E-state index in [-0.39, 0.29) is 10.8 Å². The molecule has 0 aliphatic rings. The lowest BCUT2D eigenvalue weighted by Gasteiger charge is -2.16. The summed E-state index contributed by atoms with van der Waals surface area (Å²) in [4.78, 5) is 19.0. The van der Waals surface area contributed by atoms with Gasteiger partial charge in [0, 0.05) is 26.5 Å². The third-order valence-electron chi connectivity index (χ3n) is 5.97. The Morgan fingerprint density at radius 3 is 2.32 bits per heavy atom. The maximum absolute atomic E-state index is 13.5. The molecule has 0 aliphatic heterocycles. The maximum Gasteiger partial charge on any atom is 0.261 e. The molecule has 6 nitrogen and oxygen atoms in total. The van der Waals surface area contributed by atoms with E-state index in [9.17, 15) is 13.2 Å². The number of thioether (sulfide) groups is 1. The standard InChI is InChI=1S/C30H23Cl2N3O3S3/c1-19-7-14-24(15-8-19)41(37,38)35-22-10-12-23(13-11-22)40-28(20-5-3-2-4-6-20)29(36)34-30-33-27(18-39-30)25-16-9-21(31)17-26(25)32/h2-18,28,35H,1H3,(H,33,34,36). The van der Waals surface area contributed by atoms with Crippen molar-refractivity contribution in [2.75, 3.05) is 10.0 Å². The Morgan fingerprint density at radius 2 is 1.63 bits per heavy atom. The normalized spacial score (nSPS) is 12.1. The topological polar surface area (TPSA) is 88.2 Å². The van der Waals surface area contributed by atoms with Gasteiger partial charge in [0.15, 0.2) is 5.13 Å². The molecule has 208 valence electrons. The van der Waals surface area contributed by atoms with Crippen LogP contribution in [0.25, 0.3) is 11.3 Å². The molecular weight excluding hydrogens is 617 g/mol. The first kappa shape index (κ1) is 29.2. The van der Waals surface area contributed by atoms with E-state index in [4.69, 9.17) is 23.2 Å². The lowest BCUT2D eigenvalue weighted by molar-refractivity contribution is -0.115. The van der Waals surface area contributed by atoms with Crippen molar-refractivity contribution in [3.63, 3.8) is 0 Å². The number of hydrogen-bond acceptors (Lipinski definition) is 6. The highest BCUT2D eigenvalue weighted by Crippen LogP contribution is 2.38. The highest BCUT2D eigenvalue weighted by molar-refractivity contribution is 8.00. The Balaban J connectivity index is 1.32. The second-order valence-electron chi connectivity index (χ2n) is 9.00. The van der Waals surface area contributed by atoms with E-state index in [1.54, 1.807) is 66.7 Å². The Hall–Kier alpha value is -3.34. The predicted octanol–water partition coefficient (Wildman–Crippen LogP) is 8.70. The molecule has 0 saturated carbocycles. The molecule has 2 N–H and O–H groups in total. The number of aryl methyl sites for hydroxylation is 1. The van der Waals surface area contributed by atoms with Crippen LogP contribution >= 0.6 is 46.3 Å². The van der Waals surface area contributed by atoms with Gasteiger partial charge in [0.05, 0.1) is 15.6 Å². The number of amides is 1. The van der Waals surface area contributed by atoms with Gasteiger partial charge in [-0.3, -0.25) is 9.52 Å². The number of nitrogens with zero attached hydrogens (tertiary/aromatic N) is 1. The van der Waals surface area contributed by atoms with E-state index in [0.717, 1.165) is 21.6 Å². The van der Waals surface area contributed by atoms with E-state index in [2.05, 4.69) is 15.0 Å². The fourth-order valence-corrected chi connectivity index (χ4v) is 7.19. The number of carbonyl (C=O) groups is 1. The smallest absolute Gasteiger partial charge is 0.261 e. The second kappa shape index (κ2) is 12.7. The van der Waals surface area contributed by atoms with Gasteiger partial charge in [-0.15, -0.1) is 23.1 Å². The van der Waals surface area contributed by atoms with Crippen LogP contribution < -0.4 is 10.0 Å². The minimum absolute atomic E-state index is 0.186. The molecule has 1 atom stereocenters. The van der Waals surface area contributed by atoms with Crippen LogP contribution in [0.3, 0.4) is 0 Å². The predicted molar refractivity (Wildman–Crippen MR) is 170 cm³/mol. The van der Waals surface area contributed by atoms with Gasteiger partial charge in [-0.1, -0.05) is 71.2 Å². The van der Waals surface area contributed by atoms with Crippen molar-refractivity contribution in [3.05, 3.63) is 124 Å². The number of rotatable bonds is 9. The molecule has 0 radical (unpaired) electrons. The third kappa shape index (κ3) is 7.30. The Morgan fingerprint density at radius 1 is 0.927 bits per heavy atom. The molecule has 5 aromatic rings. The number of aromatic nitrogens is 1. The summed E-state index contributed by atoms with van der Waals surface area (Å²) in [6, 6.07) is 28.2. The number of anilines is 2. The van der Waals surface area contributed by atoms with Gasteiger partial charge in [-0.05, 0) is 67.1 Å². The van der Waals surface area contributed by atoms with Crippen molar-refractivity contribution in [2.45, 2.75) is 22.0 Å². The summed E-state index contributed by atoms with van der Waals surface area (Å²) in [6.07, 6.45) is 0. The minimum Gasteiger partial charge on any atom is -0.301 e. The first-order chi connectivity index (χ1) is 19.7. The summed E-state index contributed by atoms with van der Waals surface area (Å²) in [5, 5.41) is 5.62. The Kier molecular flexibility index (Phi) is 9.01.